The summed E-state index contributed by atoms with van der Waals surface area (Å²) in [5.74, 6) is -2.36. The quantitative estimate of drug-likeness (QED) is 0.632. The predicted octanol–water partition coefficient (Wildman–Crippen LogP) is 0.914. The summed E-state index contributed by atoms with van der Waals surface area (Å²) in [6.07, 6.45) is 7.42. The highest BCUT2D eigenvalue weighted by molar-refractivity contribution is 5.88. The number of rotatable bonds is 4. The number of piperazine rings is 1. The Morgan fingerprint density at radius 1 is 1.31 bits per heavy atom. The number of hydrogen-bond donors (Lipinski definition) is 2. The highest BCUT2D eigenvalue weighted by Crippen LogP contribution is 2.33. The minimum Gasteiger partial charge on any atom is -0.497 e. The lowest BCUT2D eigenvalue weighted by atomic mass is 9.94. The van der Waals surface area contributed by atoms with Crippen LogP contribution in [0.3, 0.4) is 0 Å². The average molecular weight is 479 g/mol. The van der Waals surface area contributed by atoms with Gasteiger partial charge in [0.25, 0.3) is 0 Å². The van der Waals surface area contributed by atoms with Gasteiger partial charge in [-0.2, -0.15) is 0 Å². The van der Waals surface area contributed by atoms with E-state index in [-0.39, 0.29) is 16.8 Å². The second kappa shape index (κ2) is 8.42. The van der Waals surface area contributed by atoms with Crippen molar-refractivity contribution in [3.63, 3.8) is 0 Å². The third-order valence-corrected chi connectivity index (χ3v) is 6.91. The molecule has 2 atom stereocenters. The van der Waals surface area contributed by atoms with Crippen LogP contribution < -0.4 is 31.0 Å². The van der Waals surface area contributed by atoms with Crippen molar-refractivity contribution in [3.8, 4) is 5.75 Å². The first-order valence-corrected chi connectivity index (χ1v) is 11.4. The lowest BCUT2D eigenvalue weighted by Gasteiger charge is -2.46. The SMILES string of the molecule is COc1cccc(N2CCN(C3(F)C=CC4=c5c(=O)c(C(=O)O)cn(C)c5=CNC4=C3)CC2C)c1. The summed E-state index contributed by atoms with van der Waals surface area (Å²) in [5.41, 5.74) is 1.07. The van der Waals surface area contributed by atoms with Crippen LogP contribution in [0.1, 0.15) is 17.3 Å². The molecule has 9 heteroatoms. The van der Waals surface area contributed by atoms with Crippen molar-refractivity contribution in [2.75, 3.05) is 31.6 Å². The molecule has 1 saturated heterocycles. The van der Waals surface area contributed by atoms with Gasteiger partial charge in [0.1, 0.15) is 11.3 Å². The lowest BCUT2D eigenvalue weighted by Crippen LogP contribution is -2.58. The Morgan fingerprint density at radius 3 is 2.83 bits per heavy atom. The van der Waals surface area contributed by atoms with Crippen LogP contribution in [0.25, 0.3) is 11.8 Å². The van der Waals surface area contributed by atoms with E-state index in [0.29, 0.717) is 36.3 Å². The van der Waals surface area contributed by atoms with Gasteiger partial charge >= 0.3 is 5.97 Å². The van der Waals surface area contributed by atoms with E-state index in [4.69, 9.17) is 4.74 Å². The first kappa shape index (κ1) is 22.9. The van der Waals surface area contributed by atoms with Crippen LogP contribution in [0, 0.1) is 0 Å². The van der Waals surface area contributed by atoms with E-state index in [1.165, 1.54) is 18.3 Å². The number of carboxylic acid groups (broad SMARTS) is 1. The number of anilines is 1. The molecule has 2 N–H and O–H groups in total. The van der Waals surface area contributed by atoms with Crippen molar-refractivity contribution >= 4 is 23.4 Å². The maximum atomic E-state index is 16.3. The topological polar surface area (TPSA) is 87.0 Å². The van der Waals surface area contributed by atoms with Crippen molar-refractivity contribution in [2.24, 2.45) is 7.05 Å². The fourth-order valence-electron chi connectivity index (χ4n) is 5.08. The van der Waals surface area contributed by atoms with Crippen molar-refractivity contribution in [1.82, 2.24) is 14.8 Å². The zero-order chi connectivity index (χ0) is 24.9. The summed E-state index contributed by atoms with van der Waals surface area (Å²) in [6.45, 7) is 3.68. The molecule has 1 aromatic carbocycles. The number of halogens is 1. The van der Waals surface area contributed by atoms with Crippen molar-refractivity contribution in [1.29, 1.82) is 0 Å². The van der Waals surface area contributed by atoms with E-state index >= 15 is 4.39 Å². The van der Waals surface area contributed by atoms with E-state index < -0.39 is 17.2 Å². The normalized spacial score (nSPS) is 23.5. The largest absolute Gasteiger partial charge is 0.497 e. The smallest absolute Gasteiger partial charge is 0.341 e. The Hall–Kier alpha value is -3.85. The first-order chi connectivity index (χ1) is 16.7. The number of benzene rings is 1. The van der Waals surface area contributed by atoms with Gasteiger partial charge < -0.3 is 24.6 Å². The number of aromatic carboxylic acids is 1. The molecule has 1 fully saturated rings. The number of fused-ring (bicyclic) bond motifs is 2. The zero-order valence-corrected chi connectivity index (χ0v) is 19.8. The molecule has 3 heterocycles. The zero-order valence-electron chi connectivity index (χ0n) is 19.8. The molecule has 2 aliphatic heterocycles. The van der Waals surface area contributed by atoms with Gasteiger partial charge in [-0.1, -0.05) is 12.1 Å². The summed E-state index contributed by atoms with van der Waals surface area (Å²) >= 11 is 0. The molecule has 5 rings (SSSR count). The molecule has 0 bridgehead atoms. The minimum absolute atomic E-state index is 0.0534. The second-order valence-electron chi connectivity index (χ2n) is 9.06. The summed E-state index contributed by atoms with van der Waals surface area (Å²) in [5, 5.41) is 13.3. The van der Waals surface area contributed by atoms with Gasteiger partial charge in [0.2, 0.25) is 11.2 Å². The maximum absolute atomic E-state index is 16.3. The van der Waals surface area contributed by atoms with Crippen LogP contribution in [0.4, 0.5) is 10.1 Å². The van der Waals surface area contributed by atoms with Gasteiger partial charge in [0, 0.05) is 68.1 Å². The van der Waals surface area contributed by atoms with Crippen LogP contribution >= 0.6 is 0 Å². The highest BCUT2D eigenvalue weighted by Gasteiger charge is 2.39. The number of ether oxygens (including phenoxy) is 1. The summed E-state index contributed by atoms with van der Waals surface area (Å²) < 4.78 is 23.2. The Labute approximate surface area is 201 Å². The summed E-state index contributed by atoms with van der Waals surface area (Å²) in [7, 11) is 3.31. The van der Waals surface area contributed by atoms with Crippen molar-refractivity contribution in [3.05, 3.63) is 80.7 Å². The maximum Gasteiger partial charge on any atom is 0.341 e. The number of hydrogen-bond acceptors (Lipinski definition) is 6. The summed E-state index contributed by atoms with van der Waals surface area (Å²) in [4.78, 5) is 28.5. The molecule has 2 aromatic rings. The number of aromatic nitrogens is 1. The number of allylic oxidation sites excluding steroid dienone is 1. The first-order valence-electron chi connectivity index (χ1n) is 11.4. The van der Waals surface area contributed by atoms with Gasteiger partial charge in [-0.15, -0.1) is 0 Å². The molecule has 0 saturated carbocycles. The number of nitrogens with one attached hydrogen (secondary N) is 1. The molecule has 0 radical (unpaired) electrons. The van der Waals surface area contributed by atoms with Crippen LogP contribution in [0.2, 0.25) is 0 Å². The molecule has 2 unspecified atom stereocenters. The average Bonchev–Trinajstić information content (AvgIpc) is 2.85. The fourth-order valence-corrected chi connectivity index (χ4v) is 5.08. The third-order valence-electron chi connectivity index (χ3n) is 6.91. The number of pyridine rings is 1. The van der Waals surface area contributed by atoms with Crippen LogP contribution in [0.15, 0.2) is 59.2 Å². The Morgan fingerprint density at radius 2 is 2.11 bits per heavy atom. The van der Waals surface area contributed by atoms with Crippen LogP contribution in [-0.4, -0.2) is 59.1 Å². The number of carboxylic acids is 1. The molecule has 3 aliphatic rings. The fraction of sp³-hybridized carbons (Fsp3) is 0.308. The number of carbonyl (C=O) groups is 1. The minimum atomic E-state index is -1.85. The molecule has 0 amide bonds. The number of aryl methyl sites for hydroxylation is 1. The standard InChI is InChI=1S/C26H27FN4O4/c1-16-14-30(9-10-31(16)17-5-4-6-18(11-17)35-3)26(27)8-7-19-21(12-26)28-13-22-23(19)24(32)20(25(33)34)15-29(22)2/h4-8,11-13,15-16,28H,9-10,14H2,1-3H3,(H,33,34). The van der Waals surface area contributed by atoms with Gasteiger partial charge in [0.05, 0.1) is 17.7 Å². The Balaban J connectivity index is 1.47. The number of alkyl halides is 1. The number of nitrogens with zero attached hydrogens (tertiary/aromatic N) is 3. The van der Waals surface area contributed by atoms with Crippen molar-refractivity contribution in [2.45, 2.75) is 18.8 Å². The second-order valence-corrected chi connectivity index (χ2v) is 9.06. The van der Waals surface area contributed by atoms with Gasteiger partial charge in [-0.3, -0.25) is 9.69 Å². The Bertz CT molecular complexity index is 1460. The molecule has 0 spiro atoms. The van der Waals surface area contributed by atoms with Crippen LogP contribution in [0.5, 0.6) is 5.75 Å². The molecule has 8 nitrogen and oxygen atoms in total. The van der Waals surface area contributed by atoms with E-state index in [9.17, 15) is 14.7 Å². The van der Waals surface area contributed by atoms with Gasteiger partial charge in [-0.05, 0) is 31.2 Å². The van der Waals surface area contributed by atoms with Gasteiger partial charge in [-0.25, -0.2) is 9.18 Å². The predicted molar refractivity (Wildman–Crippen MR) is 131 cm³/mol. The van der Waals surface area contributed by atoms with Crippen molar-refractivity contribution < 1.29 is 19.0 Å². The van der Waals surface area contributed by atoms with Gasteiger partial charge in [0.15, 0.2) is 0 Å². The van der Waals surface area contributed by atoms with E-state index in [0.717, 1.165) is 11.4 Å². The third kappa shape index (κ3) is 3.81. The lowest BCUT2D eigenvalue weighted by molar-refractivity contribution is 0.0357. The Kier molecular flexibility index (Phi) is 5.52. The molecule has 1 aromatic heterocycles. The monoisotopic (exact) mass is 478 g/mol. The molecule has 35 heavy (non-hydrogen) atoms. The highest BCUT2D eigenvalue weighted by atomic mass is 19.1. The van der Waals surface area contributed by atoms with E-state index in [2.05, 4.69) is 17.1 Å². The molecule has 182 valence electrons. The summed E-state index contributed by atoms with van der Waals surface area (Å²) in [6, 6.07) is 7.89. The molecule has 1 aliphatic carbocycles. The van der Waals surface area contributed by atoms with E-state index in [1.54, 1.807) is 35.9 Å². The van der Waals surface area contributed by atoms with E-state index in [1.807, 2.05) is 24.3 Å². The molecular weight excluding hydrogens is 451 g/mol. The molecular formula is C26H27FN4O4. The number of methoxy groups -OCH3 is 1. The van der Waals surface area contributed by atoms with Crippen LogP contribution in [-0.2, 0) is 7.05 Å².